The number of ether oxygens (including phenoxy) is 1. The van der Waals surface area contributed by atoms with Gasteiger partial charge >= 0.3 is 6.09 Å². The maximum atomic E-state index is 10.6. The highest BCUT2D eigenvalue weighted by molar-refractivity contribution is 6.22. The molecule has 1 atom stereocenters. The molecule has 62 valence electrons. The van der Waals surface area contributed by atoms with Crippen LogP contribution in [0.2, 0.25) is 0 Å². The molecule has 3 nitrogen and oxygen atoms in total. The van der Waals surface area contributed by atoms with Crippen molar-refractivity contribution in [3.05, 3.63) is 0 Å². The number of alkyl halides is 1. The Bertz CT molecular complexity index is 164. The number of alkyl carbamates (subject to hydrolysis) is 1. The van der Waals surface area contributed by atoms with Gasteiger partial charge in [0, 0.05) is 6.54 Å². The lowest BCUT2D eigenvalue weighted by atomic mass is 10.4. The molecule has 0 rings (SSSR count). The Morgan fingerprint density at radius 1 is 1.91 bits per heavy atom. The maximum Gasteiger partial charge on any atom is 0.407 e. The molecular weight excluding hydrogens is 166 g/mol. The van der Waals surface area contributed by atoms with Crippen LogP contribution in [0.1, 0.15) is 6.92 Å². The number of amides is 1. The summed E-state index contributed by atoms with van der Waals surface area (Å²) in [7, 11) is 0. The standard InChI is InChI=1S/C7H10ClNO2/c1-3-6(8)5-9-7(10)11-4-2/h1,6H,4-5H2,2H3,(H,9,10). The summed E-state index contributed by atoms with van der Waals surface area (Å²) < 4.78 is 4.56. The van der Waals surface area contributed by atoms with Gasteiger partial charge in [-0.1, -0.05) is 5.92 Å². The van der Waals surface area contributed by atoms with Gasteiger partial charge < -0.3 is 10.1 Å². The van der Waals surface area contributed by atoms with E-state index in [1.165, 1.54) is 0 Å². The molecule has 1 N–H and O–H groups in total. The van der Waals surface area contributed by atoms with Crippen LogP contribution in [-0.4, -0.2) is 24.6 Å². The quantitative estimate of drug-likeness (QED) is 0.513. The van der Waals surface area contributed by atoms with Crippen molar-refractivity contribution in [3.63, 3.8) is 0 Å². The minimum Gasteiger partial charge on any atom is -0.450 e. The van der Waals surface area contributed by atoms with E-state index in [1.54, 1.807) is 6.92 Å². The Hall–Kier alpha value is -0.880. The van der Waals surface area contributed by atoms with Crippen molar-refractivity contribution in [2.45, 2.75) is 12.3 Å². The molecule has 0 radical (unpaired) electrons. The lowest BCUT2D eigenvalue weighted by Crippen LogP contribution is -2.29. The number of rotatable bonds is 3. The van der Waals surface area contributed by atoms with E-state index in [1.807, 2.05) is 0 Å². The average molecular weight is 176 g/mol. The molecule has 0 aliphatic rings. The van der Waals surface area contributed by atoms with Crippen LogP contribution in [0.5, 0.6) is 0 Å². The lowest BCUT2D eigenvalue weighted by Gasteiger charge is -2.04. The summed E-state index contributed by atoms with van der Waals surface area (Å²) in [5, 5.41) is 1.93. The van der Waals surface area contributed by atoms with E-state index in [-0.39, 0.29) is 6.54 Å². The fourth-order valence-electron chi connectivity index (χ4n) is 0.414. The molecule has 0 aromatic carbocycles. The van der Waals surface area contributed by atoms with Gasteiger partial charge in [0.15, 0.2) is 0 Å². The molecule has 4 heteroatoms. The van der Waals surface area contributed by atoms with E-state index in [2.05, 4.69) is 16.0 Å². The molecule has 0 aliphatic heterocycles. The molecule has 0 aliphatic carbocycles. The summed E-state index contributed by atoms with van der Waals surface area (Å²) in [6, 6.07) is 0. The molecule has 0 bridgehead atoms. The number of carbonyl (C=O) groups excluding carboxylic acids is 1. The third kappa shape index (κ3) is 5.56. The van der Waals surface area contributed by atoms with Gasteiger partial charge in [0.05, 0.1) is 6.61 Å². The van der Waals surface area contributed by atoms with E-state index in [4.69, 9.17) is 18.0 Å². The van der Waals surface area contributed by atoms with Gasteiger partial charge in [0.25, 0.3) is 0 Å². The molecular formula is C7H10ClNO2. The highest BCUT2D eigenvalue weighted by atomic mass is 35.5. The summed E-state index contributed by atoms with van der Waals surface area (Å²) in [5.74, 6) is 2.26. The van der Waals surface area contributed by atoms with E-state index < -0.39 is 11.5 Å². The number of halogens is 1. The van der Waals surface area contributed by atoms with Gasteiger partial charge in [-0.3, -0.25) is 0 Å². The molecule has 11 heavy (non-hydrogen) atoms. The first-order valence-electron chi connectivity index (χ1n) is 3.21. The minimum atomic E-state index is -0.492. The molecule has 0 heterocycles. The topological polar surface area (TPSA) is 38.3 Å². The third-order valence-corrected chi connectivity index (χ3v) is 1.16. The second-order valence-electron chi connectivity index (χ2n) is 1.74. The van der Waals surface area contributed by atoms with E-state index in [9.17, 15) is 4.79 Å². The minimum absolute atomic E-state index is 0.233. The molecule has 1 unspecified atom stereocenters. The van der Waals surface area contributed by atoms with Crippen molar-refractivity contribution in [3.8, 4) is 12.3 Å². The van der Waals surface area contributed by atoms with Crippen LogP contribution in [0, 0.1) is 12.3 Å². The fraction of sp³-hybridized carbons (Fsp3) is 0.571. The predicted molar refractivity (Wildman–Crippen MR) is 43.5 cm³/mol. The maximum absolute atomic E-state index is 10.6. The molecule has 0 spiro atoms. The lowest BCUT2D eigenvalue weighted by molar-refractivity contribution is 0.152. The molecule has 1 amide bonds. The number of carbonyl (C=O) groups is 1. The van der Waals surface area contributed by atoms with Crippen LogP contribution in [0.3, 0.4) is 0 Å². The van der Waals surface area contributed by atoms with Crippen LogP contribution in [0.25, 0.3) is 0 Å². The van der Waals surface area contributed by atoms with Crippen molar-refractivity contribution in [2.24, 2.45) is 0 Å². The van der Waals surface area contributed by atoms with Crippen LogP contribution >= 0.6 is 11.6 Å². The Labute approximate surface area is 71.1 Å². The molecule has 0 saturated carbocycles. The zero-order valence-electron chi connectivity index (χ0n) is 6.26. The van der Waals surface area contributed by atoms with Gasteiger partial charge in [0.1, 0.15) is 5.38 Å². The molecule has 0 aromatic rings. The fourth-order valence-corrected chi connectivity index (χ4v) is 0.491. The predicted octanol–water partition coefficient (Wildman–Crippen LogP) is 0.973. The second kappa shape index (κ2) is 5.87. The summed E-state index contributed by atoms with van der Waals surface area (Å²) in [4.78, 5) is 10.6. The average Bonchev–Trinajstić information content (AvgIpc) is 2.01. The van der Waals surface area contributed by atoms with Gasteiger partial charge in [-0.25, -0.2) is 4.79 Å². The Kier molecular flexibility index (Phi) is 5.40. The Balaban J connectivity index is 3.39. The van der Waals surface area contributed by atoms with Crippen molar-refractivity contribution in [1.29, 1.82) is 0 Å². The van der Waals surface area contributed by atoms with Crippen molar-refractivity contribution in [1.82, 2.24) is 5.32 Å². The Morgan fingerprint density at radius 2 is 2.55 bits per heavy atom. The zero-order chi connectivity index (χ0) is 8.69. The van der Waals surface area contributed by atoms with Crippen molar-refractivity contribution >= 4 is 17.7 Å². The van der Waals surface area contributed by atoms with E-state index in [0.29, 0.717) is 6.61 Å². The normalized spacial score (nSPS) is 11.4. The first kappa shape index (κ1) is 10.1. The summed E-state index contributed by atoms with van der Waals surface area (Å²) in [6.45, 7) is 2.30. The van der Waals surface area contributed by atoms with Crippen LogP contribution in [0.15, 0.2) is 0 Å². The molecule has 0 fully saturated rings. The first-order chi connectivity index (χ1) is 5.20. The third-order valence-electron chi connectivity index (χ3n) is 0.882. The molecule has 0 aromatic heterocycles. The summed E-state index contributed by atoms with van der Waals surface area (Å²) in [6.07, 6.45) is 4.47. The van der Waals surface area contributed by atoms with Crippen LogP contribution < -0.4 is 5.32 Å². The van der Waals surface area contributed by atoms with Gasteiger partial charge in [-0.2, -0.15) is 0 Å². The first-order valence-corrected chi connectivity index (χ1v) is 3.65. The highest BCUT2D eigenvalue weighted by Gasteiger charge is 2.02. The highest BCUT2D eigenvalue weighted by Crippen LogP contribution is 1.89. The number of terminal acetylenes is 1. The van der Waals surface area contributed by atoms with E-state index >= 15 is 0 Å². The van der Waals surface area contributed by atoms with Crippen molar-refractivity contribution in [2.75, 3.05) is 13.2 Å². The van der Waals surface area contributed by atoms with Crippen molar-refractivity contribution < 1.29 is 9.53 Å². The zero-order valence-corrected chi connectivity index (χ0v) is 7.02. The number of hydrogen-bond donors (Lipinski definition) is 1. The van der Waals surface area contributed by atoms with Crippen LogP contribution in [-0.2, 0) is 4.74 Å². The summed E-state index contributed by atoms with van der Waals surface area (Å²) in [5.41, 5.74) is 0. The number of hydrogen-bond acceptors (Lipinski definition) is 2. The van der Waals surface area contributed by atoms with Gasteiger partial charge in [-0.05, 0) is 6.92 Å². The van der Waals surface area contributed by atoms with Gasteiger partial charge in [0.2, 0.25) is 0 Å². The smallest absolute Gasteiger partial charge is 0.407 e. The summed E-state index contributed by atoms with van der Waals surface area (Å²) >= 11 is 5.50. The second-order valence-corrected chi connectivity index (χ2v) is 2.26. The van der Waals surface area contributed by atoms with Crippen LogP contribution in [0.4, 0.5) is 4.79 Å². The molecule has 0 saturated heterocycles. The monoisotopic (exact) mass is 175 g/mol. The SMILES string of the molecule is C#CC(Cl)CNC(=O)OCC. The van der Waals surface area contributed by atoms with Gasteiger partial charge in [-0.15, -0.1) is 18.0 Å². The Morgan fingerprint density at radius 3 is 3.00 bits per heavy atom. The number of nitrogens with one attached hydrogen (secondary N) is 1. The largest absolute Gasteiger partial charge is 0.450 e. The van der Waals surface area contributed by atoms with E-state index in [0.717, 1.165) is 0 Å².